The fourth-order valence-corrected chi connectivity index (χ4v) is 3.71. The van der Waals surface area contributed by atoms with E-state index in [1.165, 1.54) is 0 Å². The van der Waals surface area contributed by atoms with Gasteiger partial charge in [0, 0.05) is 29.7 Å². The van der Waals surface area contributed by atoms with Crippen molar-refractivity contribution in [3.8, 4) is 5.75 Å². The van der Waals surface area contributed by atoms with E-state index in [-0.39, 0.29) is 21.9 Å². The number of nitrogens with one attached hydrogen (secondary N) is 1. The summed E-state index contributed by atoms with van der Waals surface area (Å²) in [6.07, 6.45) is 0.0577. The molecule has 3 atom stereocenters. The quantitative estimate of drug-likeness (QED) is 0.694. The van der Waals surface area contributed by atoms with Crippen LogP contribution in [0.4, 0.5) is 5.69 Å². The van der Waals surface area contributed by atoms with Crippen molar-refractivity contribution in [2.75, 3.05) is 18.0 Å². The predicted octanol–water partition coefficient (Wildman–Crippen LogP) is 3.39. The van der Waals surface area contributed by atoms with Gasteiger partial charge >= 0.3 is 0 Å². The molecule has 150 valence electrons. The molecule has 1 amide bonds. The minimum absolute atomic E-state index is 0.0262. The van der Waals surface area contributed by atoms with Crippen molar-refractivity contribution in [3.63, 3.8) is 0 Å². The largest absolute Gasteiger partial charge is 0.768 e. The highest BCUT2D eigenvalue weighted by atomic mass is 35.5. The van der Waals surface area contributed by atoms with Crippen LogP contribution in [0.5, 0.6) is 5.75 Å². The molecule has 9 heteroatoms. The maximum atomic E-state index is 12.5. The molecule has 3 rings (SSSR count). The van der Waals surface area contributed by atoms with E-state index in [4.69, 9.17) is 27.9 Å². The lowest BCUT2D eigenvalue weighted by molar-refractivity contribution is -0.127. The Bertz CT molecular complexity index is 879. The monoisotopic (exact) mass is 441 g/mol. The third kappa shape index (κ3) is 4.97. The topological polar surface area (TPSA) is 81.7 Å². The molecule has 6 nitrogen and oxygen atoms in total. The molecule has 1 aliphatic heterocycles. The predicted molar refractivity (Wildman–Crippen MR) is 109 cm³/mol. The van der Waals surface area contributed by atoms with Gasteiger partial charge in [-0.15, -0.1) is 0 Å². The van der Waals surface area contributed by atoms with Gasteiger partial charge in [0.25, 0.3) is 5.91 Å². The number of rotatable bonds is 6. The summed E-state index contributed by atoms with van der Waals surface area (Å²) < 4.78 is 27.6. The molecule has 28 heavy (non-hydrogen) atoms. The van der Waals surface area contributed by atoms with Gasteiger partial charge in [-0.3, -0.25) is 9.00 Å². The van der Waals surface area contributed by atoms with Gasteiger partial charge in [-0.2, -0.15) is 0 Å². The lowest BCUT2D eigenvalue weighted by Gasteiger charge is -2.21. The number of benzene rings is 2. The Balaban J connectivity index is 1.55. The van der Waals surface area contributed by atoms with Crippen molar-refractivity contribution < 1.29 is 18.3 Å². The van der Waals surface area contributed by atoms with Gasteiger partial charge in [0.2, 0.25) is 0 Å². The molecule has 1 aliphatic rings. The number of nitrogens with zero attached hydrogens (tertiary/aromatic N) is 1. The summed E-state index contributed by atoms with van der Waals surface area (Å²) in [5.74, 6) is 0.126. The highest BCUT2D eigenvalue weighted by Crippen LogP contribution is 2.32. The number of anilines is 1. The smallest absolute Gasteiger partial charge is 0.261 e. The Morgan fingerprint density at radius 2 is 2.00 bits per heavy atom. The van der Waals surface area contributed by atoms with Crippen LogP contribution in [0.25, 0.3) is 0 Å². The van der Waals surface area contributed by atoms with Crippen LogP contribution in [-0.4, -0.2) is 39.9 Å². The lowest BCUT2D eigenvalue weighted by atomic mass is 10.2. The van der Waals surface area contributed by atoms with Crippen molar-refractivity contribution in [2.24, 2.45) is 0 Å². The molecule has 1 fully saturated rings. The maximum Gasteiger partial charge on any atom is 0.261 e. The van der Waals surface area contributed by atoms with Crippen LogP contribution in [0.15, 0.2) is 47.4 Å². The van der Waals surface area contributed by atoms with Crippen LogP contribution in [0.1, 0.15) is 13.3 Å². The number of ether oxygens (including phenoxy) is 1. The summed E-state index contributed by atoms with van der Waals surface area (Å²) in [7, 11) is 0. The van der Waals surface area contributed by atoms with E-state index in [1.807, 2.05) is 0 Å². The van der Waals surface area contributed by atoms with Crippen LogP contribution < -0.4 is 15.0 Å². The first-order valence-electron chi connectivity index (χ1n) is 8.70. The maximum absolute atomic E-state index is 12.5. The zero-order chi connectivity index (χ0) is 20.3. The standard InChI is InChI=1S/C19H20Cl2N2O4S/c1-12(27-17-4-2-3-16(20)18(17)21)19(24)22-13-9-10-23(11-13)14-5-7-15(8-6-14)28(25)26/h2-8,12-13H,9-11H2,1H3,(H,22,24)(H,25,26)/p-1/t12-,13+/m1/s1. The number of carbonyl (C=O) groups is 1. The van der Waals surface area contributed by atoms with E-state index < -0.39 is 17.2 Å². The number of hydrogen-bond donors (Lipinski definition) is 1. The van der Waals surface area contributed by atoms with E-state index in [0.29, 0.717) is 17.3 Å². The summed E-state index contributed by atoms with van der Waals surface area (Å²) in [5, 5.41) is 3.62. The fraction of sp³-hybridized carbons (Fsp3) is 0.316. The Labute approximate surface area is 176 Å². The Kier molecular flexibility index (Phi) is 6.82. The van der Waals surface area contributed by atoms with Crippen LogP contribution in [0, 0.1) is 0 Å². The molecule has 2 aromatic rings. The van der Waals surface area contributed by atoms with Gasteiger partial charge in [0.05, 0.1) is 5.02 Å². The molecule has 1 heterocycles. The molecular formula is C19H19Cl2N2O4S-. The first kappa shape index (κ1) is 20.9. The zero-order valence-corrected chi connectivity index (χ0v) is 17.4. The number of carbonyl (C=O) groups excluding carboxylic acids is 1. The molecule has 1 N–H and O–H groups in total. The highest BCUT2D eigenvalue weighted by molar-refractivity contribution is 7.79. The van der Waals surface area contributed by atoms with Crippen LogP contribution >= 0.6 is 23.2 Å². The molecule has 0 spiro atoms. The summed E-state index contributed by atoms with van der Waals surface area (Å²) in [6.45, 7) is 3.05. The van der Waals surface area contributed by atoms with Gasteiger partial charge in [0.1, 0.15) is 10.8 Å². The van der Waals surface area contributed by atoms with Gasteiger partial charge in [-0.05, 0) is 60.8 Å². The molecule has 2 aromatic carbocycles. The van der Waals surface area contributed by atoms with Gasteiger partial charge in [-0.25, -0.2) is 0 Å². The van der Waals surface area contributed by atoms with Gasteiger partial charge in [-0.1, -0.05) is 29.3 Å². The van der Waals surface area contributed by atoms with E-state index in [0.717, 1.165) is 18.7 Å². The van der Waals surface area contributed by atoms with Gasteiger partial charge in [0.15, 0.2) is 6.10 Å². The van der Waals surface area contributed by atoms with Gasteiger partial charge < -0.3 is 19.5 Å². The van der Waals surface area contributed by atoms with Crippen LogP contribution in [0.3, 0.4) is 0 Å². The summed E-state index contributed by atoms with van der Waals surface area (Å²) in [5.41, 5.74) is 0.918. The molecular weight excluding hydrogens is 423 g/mol. The minimum Gasteiger partial charge on any atom is -0.768 e. The number of halogens is 2. The molecule has 1 unspecified atom stereocenters. The molecule has 0 bridgehead atoms. The zero-order valence-electron chi connectivity index (χ0n) is 15.1. The normalized spacial score (nSPS) is 18.6. The second kappa shape index (κ2) is 9.13. The van der Waals surface area contributed by atoms with E-state index in [1.54, 1.807) is 49.4 Å². The highest BCUT2D eigenvalue weighted by Gasteiger charge is 2.26. The SMILES string of the molecule is C[C@@H](Oc1cccc(Cl)c1Cl)C(=O)N[C@H]1CCN(c2ccc(S(=O)[O-])cc2)C1. The molecule has 1 saturated heterocycles. The third-order valence-corrected chi connectivity index (χ3v) is 5.98. The summed E-state index contributed by atoms with van der Waals surface area (Å²) in [6, 6.07) is 11.6. The Morgan fingerprint density at radius 3 is 2.68 bits per heavy atom. The average Bonchev–Trinajstić information content (AvgIpc) is 3.14. The number of hydrogen-bond acceptors (Lipinski definition) is 5. The Hall–Kier alpha value is -1.80. The second-order valence-corrected chi connectivity index (χ2v) is 8.21. The fourth-order valence-electron chi connectivity index (χ4n) is 3.02. The second-order valence-electron chi connectivity index (χ2n) is 6.48. The molecule has 0 radical (unpaired) electrons. The molecule has 0 aliphatic carbocycles. The van der Waals surface area contributed by atoms with E-state index in [2.05, 4.69) is 10.2 Å². The summed E-state index contributed by atoms with van der Waals surface area (Å²) in [4.78, 5) is 14.8. The van der Waals surface area contributed by atoms with Crippen molar-refractivity contribution >= 4 is 45.9 Å². The van der Waals surface area contributed by atoms with E-state index >= 15 is 0 Å². The first-order chi connectivity index (χ1) is 13.3. The van der Waals surface area contributed by atoms with Crippen molar-refractivity contribution in [3.05, 3.63) is 52.5 Å². The van der Waals surface area contributed by atoms with Crippen molar-refractivity contribution in [1.29, 1.82) is 0 Å². The van der Waals surface area contributed by atoms with E-state index in [9.17, 15) is 13.6 Å². The van der Waals surface area contributed by atoms with Crippen LogP contribution in [0.2, 0.25) is 10.0 Å². The first-order valence-corrected chi connectivity index (χ1v) is 10.5. The summed E-state index contributed by atoms with van der Waals surface area (Å²) >= 11 is 9.82. The van der Waals surface area contributed by atoms with Crippen molar-refractivity contribution in [2.45, 2.75) is 30.4 Å². The number of amides is 1. The van der Waals surface area contributed by atoms with Crippen molar-refractivity contribution in [1.82, 2.24) is 5.32 Å². The molecule has 0 saturated carbocycles. The van der Waals surface area contributed by atoms with Crippen LogP contribution in [-0.2, 0) is 15.9 Å². The Morgan fingerprint density at radius 1 is 1.29 bits per heavy atom. The molecule has 0 aromatic heterocycles. The third-order valence-electron chi connectivity index (χ3n) is 4.52. The average molecular weight is 442 g/mol. The minimum atomic E-state index is -2.24. The lowest BCUT2D eigenvalue weighted by Crippen LogP contribution is -2.43.